The number of ketones is 1. The van der Waals surface area contributed by atoms with E-state index in [1.807, 2.05) is 24.0 Å². The lowest BCUT2D eigenvalue weighted by atomic mass is 9.82. The fraction of sp³-hybridized carbons (Fsp3) is 0.417. The summed E-state index contributed by atoms with van der Waals surface area (Å²) in [6.07, 6.45) is 1.42. The third-order valence-corrected chi connectivity index (χ3v) is 5.96. The highest BCUT2D eigenvalue weighted by Crippen LogP contribution is 2.47. The molecule has 2 aliphatic heterocycles. The van der Waals surface area contributed by atoms with E-state index in [4.69, 9.17) is 18.9 Å². The molecule has 2 aromatic carbocycles. The summed E-state index contributed by atoms with van der Waals surface area (Å²) < 4.78 is 22.8. The van der Waals surface area contributed by atoms with E-state index in [9.17, 15) is 9.59 Å². The molecule has 1 spiro atoms. The first-order chi connectivity index (χ1) is 15.0. The summed E-state index contributed by atoms with van der Waals surface area (Å²) in [5.74, 6) is 2.04. The lowest BCUT2D eigenvalue weighted by Crippen LogP contribution is -2.52. The van der Waals surface area contributed by atoms with E-state index in [0.717, 1.165) is 0 Å². The number of hydrogen-bond donors (Lipinski definition) is 0. The normalized spacial score (nSPS) is 17.0. The van der Waals surface area contributed by atoms with Gasteiger partial charge in [0, 0.05) is 31.5 Å². The van der Waals surface area contributed by atoms with Gasteiger partial charge in [0.15, 0.2) is 17.3 Å². The molecular formula is C24H27NO6. The number of fused-ring (bicyclic) bond motifs is 1. The Kier molecular flexibility index (Phi) is 5.76. The average molecular weight is 425 g/mol. The van der Waals surface area contributed by atoms with Gasteiger partial charge in [-0.1, -0.05) is 6.07 Å². The van der Waals surface area contributed by atoms with Crippen LogP contribution in [0, 0.1) is 0 Å². The molecule has 1 saturated heterocycles. The van der Waals surface area contributed by atoms with Crippen LogP contribution in [0.4, 0.5) is 0 Å². The largest absolute Gasteiger partial charge is 0.494 e. The number of benzene rings is 2. The molecule has 2 aliphatic rings. The lowest BCUT2D eigenvalue weighted by molar-refractivity contribution is -0.00747. The Morgan fingerprint density at radius 3 is 2.58 bits per heavy atom. The van der Waals surface area contributed by atoms with Crippen LogP contribution in [0.1, 0.15) is 46.9 Å². The van der Waals surface area contributed by atoms with E-state index in [0.29, 0.717) is 66.7 Å². The van der Waals surface area contributed by atoms with E-state index < -0.39 is 5.60 Å². The summed E-state index contributed by atoms with van der Waals surface area (Å²) in [6, 6.07) is 10.7. The van der Waals surface area contributed by atoms with Gasteiger partial charge in [0.25, 0.3) is 5.91 Å². The van der Waals surface area contributed by atoms with Crippen LogP contribution >= 0.6 is 0 Å². The SMILES string of the molecule is CCOc1cccc(C(=O)N2CCC3(CC2)CC(=O)c2ccc(OC)c(OC)c2O3)c1. The number of carbonyl (C=O) groups excluding carboxylic acids is 2. The first-order valence-electron chi connectivity index (χ1n) is 10.5. The maximum atomic E-state index is 13.0. The van der Waals surface area contributed by atoms with Gasteiger partial charge in [-0.2, -0.15) is 0 Å². The molecule has 0 aromatic heterocycles. The van der Waals surface area contributed by atoms with Crippen LogP contribution in [0.3, 0.4) is 0 Å². The van der Waals surface area contributed by atoms with Gasteiger partial charge in [-0.05, 0) is 37.3 Å². The van der Waals surface area contributed by atoms with Crippen LogP contribution in [-0.4, -0.2) is 56.1 Å². The van der Waals surface area contributed by atoms with Gasteiger partial charge < -0.3 is 23.8 Å². The second kappa shape index (κ2) is 8.49. The summed E-state index contributed by atoms with van der Waals surface area (Å²) in [5.41, 5.74) is 0.460. The summed E-state index contributed by atoms with van der Waals surface area (Å²) >= 11 is 0. The minimum absolute atomic E-state index is 0.0198. The molecule has 4 rings (SSSR count). The molecule has 7 heteroatoms. The van der Waals surface area contributed by atoms with Crippen molar-refractivity contribution in [1.82, 2.24) is 4.90 Å². The molecule has 7 nitrogen and oxygen atoms in total. The minimum atomic E-state index is -0.645. The first-order valence-corrected chi connectivity index (χ1v) is 10.5. The molecule has 0 atom stereocenters. The van der Waals surface area contributed by atoms with Crippen molar-refractivity contribution in [1.29, 1.82) is 0 Å². The quantitative estimate of drug-likeness (QED) is 0.727. The number of nitrogens with zero attached hydrogens (tertiary/aromatic N) is 1. The van der Waals surface area contributed by atoms with Crippen molar-refractivity contribution in [3.8, 4) is 23.0 Å². The molecule has 0 saturated carbocycles. The molecule has 164 valence electrons. The van der Waals surface area contributed by atoms with Gasteiger partial charge in [-0.25, -0.2) is 0 Å². The zero-order valence-corrected chi connectivity index (χ0v) is 18.1. The Bertz CT molecular complexity index is 994. The number of amides is 1. The molecule has 0 N–H and O–H groups in total. The van der Waals surface area contributed by atoms with Crippen molar-refractivity contribution in [3.63, 3.8) is 0 Å². The van der Waals surface area contributed by atoms with E-state index in [-0.39, 0.29) is 18.1 Å². The third-order valence-electron chi connectivity index (χ3n) is 5.96. The highest BCUT2D eigenvalue weighted by molar-refractivity contribution is 6.01. The number of likely N-dealkylation sites (tertiary alicyclic amines) is 1. The van der Waals surface area contributed by atoms with Gasteiger partial charge in [-0.3, -0.25) is 9.59 Å². The van der Waals surface area contributed by atoms with Gasteiger partial charge in [0.05, 0.1) is 32.8 Å². The second-order valence-corrected chi connectivity index (χ2v) is 7.82. The first kappa shape index (κ1) is 21.0. The number of piperidine rings is 1. The van der Waals surface area contributed by atoms with Crippen molar-refractivity contribution in [2.75, 3.05) is 33.9 Å². The summed E-state index contributed by atoms with van der Waals surface area (Å²) in [7, 11) is 3.08. The summed E-state index contributed by atoms with van der Waals surface area (Å²) in [4.78, 5) is 27.7. The molecule has 1 amide bonds. The maximum Gasteiger partial charge on any atom is 0.253 e. The van der Waals surface area contributed by atoms with E-state index in [2.05, 4.69) is 0 Å². The van der Waals surface area contributed by atoms with Crippen LogP contribution in [0.25, 0.3) is 0 Å². The molecule has 0 aliphatic carbocycles. The fourth-order valence-electron chi connectivity index (χ4n) is 4.32. The monoisotopic (exact) mass is 425 g/mol. The minimum Gasteiger partial charge on any atom is -0.494 e. The van der Waals surface area contributed by atoms with Crippen molar-refractivity contribution in [2.45, 2.75) is 31.8 Å². The van der Waals surface area contributed by atoms with Crippen molar-refractivity contribution in [3.05, 3.63) is 47.5 Å². The molecule has 0 bridgehead atoms. The Balaban J connectivity index is 1.51. The van der Waals surface area contributed by atoms with Crippen LogP contribution in [0.2, 0.25) is 0 Å². The molecule has 1 fully saturated rings. The lowest BCUT2D eigenvalue weighted by Gasteiger charge is -2.44. The summed E-state index contributed by atoms with van der Waals surface area (Å²) in [5, 5.41) is 0. The number of methoxy groups -OCH3 is 2. The molecular weight excluding hydrogens is 398 g/mol. The third kappa shape index (κ3) is 3.92. The molecule has 0 unspecified atom stereocenters. The van der Waals surface area contributed by atoms with Crippen LogP contribution in [0.15, 0.2) is 36.4 Å². The van der Waals surface area contributed by atoms with Crippen LogP contribution in [-0.2, 0) is 0 Å². The Hall–Kier alpha value is -3.22. The Morgan fingerprint density at radius 2 is 1.90 bits per heavy atom. The standard InChI is InChI=1S/C24H27NO6/c1-4-30-17-7-5-6-16(14-17)23(27)25-12-10-24(11-13-25)15-19(26)18-8-9-20(28-2)22(29-3)21(18)31-24/h5-9,14H,4,10-13,15H2,1-3H3. The highest BCUT2D eigenvalue weighted by atomic mass is 16.5. The zero-order valence-electron chi connectivity index (χ0n) is 18.1. The van der Waals surface area contributed by atoms with Crippen molar-refractivity contribution >= 4 is 11.7 Å². The van der Waals surface area contributed by atoms with Gasteiger partial charge in [0.2, 0.25) is 5.75 Å². The number of hydrogen-bond acceptors (Lipinski definition) is 6. The van der Waals surface area contributed by atoms with E-state index in [1.165, 1.54) is 7.11 Å². The Morgan fingerprint density at radius 1 is 1.13 bits per heavy atom. The van der Waals surface area contributed by atoms with Gasteiger partial charge >= 0.3 is 0 Å². The molecule has 2 aromatic rings. The second-order valence-electron chi connectivity index (χ2n) is 7.82. The number of carbonyl (C=O) groups is 2. The van der Waals surface area contributed by atoms with E-state index >= 15 is 0 Å². The zero-order chi connectivity index (χ0) is 22.0. The predicted molar refractivity (Wildman–Crippen MR) is 115 cm³/mol. The van der Waals surface area contributed by atoms with E-state index in [1.54, 1.807) is 31.4 Å². The molecule has 0 radical (unpaired) electrons. The number of rotatable bonds is 5. The average Bonchev–Trinajstić information content (AvgIpc) is 2.78. The van der Waals surface area contributed by atoms with Crippen LogP contribution < -0.4 is 18.9 Å². The Labute approximate surface area is 181 Å². The maximum absolute atomic E-state index is 13.0. The fourth-order valence-corrected chi connectivity index (χ4v) is 4.32. The number of ether oxygens (including phenoxy) is 4. The highest BCUT2D eigenvalue weighted by Gasteiger charge is 2.45. The smallest absolute Gasteiger partial charge is 0.253 e. The topological polar surface area (TPSA) is 74.3 Å². The van der Waals surface area contributed by atoms with Crippen molar-refractivity contribution in [2.24, 2.45) is 0 Å². The van der Waals surface area contributed by atoms with Gasteiger partial charge in [0.1, 0.15) is 11.4 Å². The summed E-state index contributed by atoms with van der Waals surface area (Å²) in [6.45, 7) is 3.47. The van der Waals surface area contributed by atoms with Crippen LogP contribution in [0.5, 0.6) is 23.0 Å². The molecule has 2 heterocycles. The number of Topliss-reactive ketones (excluding diaryl/α,β-unsaturated/α-hetero) is 1. The molecule has 31 heavy (non-hydrogen) atoms. The predicted octanol–water partition coefficient (Wildman–Crippen LogP) is 3.74. The van der Waals surface area contributed by atoms with Crippen molar-refractivity contribution < 1.29 is 28.5 Å². The van der Waals surface area contributed by atoms with Gasteiger partial charge in [-0.15, -0.1) is 0 Å².